The van der Waals surface area contributed by atoms with Gasteiger partial charge in [0.2, 0.25) is 0 Å². The summed E-state index contributed by atoms with van der Waals surface area (Å²) in [5, 5.41) is 0.290. The number of halogens is 2. The molecule has 1 saturated carbocycles. The molecule has 0 radical (unpaired) electrons. The lowest BCUT2D eigenvalue weighted by atomic mass is 9.77. The van der Waals surface area contributed by atoms with Gasteiger partial charge in [0.25, 0.3) is 0 Å². The topological polar surface area (TPSA) is 35.2 Å². The van der Waals surface area contributed by atoms with Crippen LogP contribution in [0.5, 0.6) is 5.75 Å². The van der Waals surface area contributed by atoms with Crippen molar-refractivity contribution in [3.8, 4) is 5.75 Å². The lowest BCUT2D eigenvalue weighted by molar-refractivity contribution is 0.288. The summed E-state index contributed by atoms with van der Waals surface area (Å²) in [5.41, 5.74) is 6.58. The Morgan fingerprint density at radius 1 is 1.29 bits per heavy atom. The van der Waals surface area contributed by atoms with Crippen LogP contribution in [0.25, 0.3) is 0 Å². The van der Waals surface area contributed by atoms with E-state index in [4.69, 9.17) is 22.1 Å². The maximum absolute atomic E-state index is 13.5. The van der Waals surface area contributed by atoms with Crippen molar-refractivity contribution in [3.05, 3.63) is 28.5 Å². The van der Waals surface area contributed by atoms with Crippen molar-refractivity contribution >= 4 is 11.6 Å². The van der Waals surface area contributed by atoms with Gasteiger partial charge in [0, 0.05) is 11.1 Å². The van der Waals surface area contributed by atoms with E-state index in [1.165, 1.54) is 25.7 Å². The second-order valence-corrected chi connectivity index (χ2v) is 5.09. The van der Waals surface area contributed by atoms with E-state index in [9.17, 15) is 4.39 Å². The Hall–Kier alpha value is -0.800. The van der Waals surface area contributed by atoms with E-state index in [0.717, 1.165) is 25.7 Å². The highest BCUT2D eigenvalue weighted by Crippen LogP contribution is 2.42. The summed E-state index contributed by atoms with van der Waals surface area (Å²) in [6.45, 7) is 0. The molecule has 0 heterocycles. The van der Waals surface area contributed by atoms with Crippen molar-refractivity contribution in [2.45, 2.75) is 37.6 Å². The number of rotatable bonds is 2. The Labute approximate surface area is 106 Å². The molecule has 0 atom stereocenters. The average molecular weight is 258 g/mol. The number of hydrogen-bond donors (Lipinski definition) is 1. The first-order valence-corrected chi connectivity index (χ1v) is 6.27. The van der Waals surface area contributed by atoms with Gasteiger partial charge >= 0.3 is 0 Å². The van der Waals surface area contributed by atoms with Crippen LogP contribution in [0.4, 0.5) is 4.39 Å². The summed E-state index contributed by atoms with van der Waals surface area (Å²) in [6.07, 6.45) is 5.01. The van der Waals surface area contributed by atoms with Crippen LogP contribution in [-0.2, 0) is 5.54 Å². The molecule has 4 heteroatoms. The van der Waals surface area contributed by atoms with E-state index < -0.39 is 5.54 Å². The summed E-state index contributed by atoms with van der Waals surface area (Å²) in [7, 11) is 1.54. The third kappa shape index (κ3) is 2.40. The SMILES string of the molecule is COc1c(Cl)cc(F)cc1C1(N)CCCCC1. The maximum Gasteiger partial charge on any atom is 0.142 e. The number of benzene rings is 1. The Morgan fingerprint density at radius 2 is 1.94 bits per heavy atom. The normalized spacial score (nSPS) is 19.1. The van der Waals surface area contributed by atoms with Gasteiger partial charge in [-0.1, -0.05) is 30.9 Å². The second-order valence-electron chi connectivity index (χ2n) is 4.69. The van der Waals surface area contributed by atoms with Gasteiger partial charge in [-0.15, -0.1) is 0 Å². The largest absolute Gasteiger partial charge is 0.495 e. The van der Waals surface area contributed by atoms with Gasteiger partial charge in [0.05, 0.1) is 12.1 Å². The van der Waals surface area contributed by atoms with E-state index in [2.05, 4.69) is 0 Å². The number of nitrogens with two attached hydrogens (primary N) is 1. The van der Waals surface area contributed by atoms with Crippen molar-refractivity contribution < 1.29 is 9.13 Å². The van der Waals surface area contributed by atoms with E-state index in [1.54, 1.807) is 0 Å². The molecule has 94 valence electrons. The fourth-order valence-electron chi connectivity index (χ4n) is 2.59. The molecule has 0 saturated heterocycles. The monoisotopic (exact) mass is 257 g/mol. The molecule has 0 unspecified atom stereocenters. The summed E-state index contributed by atoms with van der Waals surface area (Å²) in [5.74, 6) is 0.152. The minimum atomic E-state index is -0.505. The molecule has 0 aliphatic heterocycles. The first-order valence-electron chi connectivity index (χ1n) is 5.89. The quantitative estimate of drug-likeness (QED) is 0.879. The maximum atomic E-state index is 13.5. The van der Waals surface area contributed by atoms with Crippen LogP contribution in [0.15, 0.2) is 12.1 Å². The zero-order valence-corrected chi connectivity index (χ0v) is 10.7. The molecule has 0 amide bonds. The number of methoxy groups -OCH3 is 1. The van der Waals surface area contributed by atoms with Gasteiger partial charge in [-0.3, -0.25) is 0 Å². The number of hydrogen-bond acceptors (Lipinski definition) is 2. The van der Waals surface area contributed by atoms with Gasteiger partial charge in [-0.25, -0.2) is 4.39 Å². The van der Waals surface area contributed by atoms with Crippen LogP contribution in [0.3, 0.4) is 0 Å². The minimum absolute atomic E-state index is 0.290. The molecule has 1 aliphatic rings. The van der Waals surface area contributed by atoms with Crippen molar-refractivity contribution in [2.24, 2.45) is 5.73 Å². The fraction of sp³-hybridized carbons (Fsp3) is 0.538. The van der Waals surface area contributed by atoms with E-state index >= 15 is 0 Å². The van der Waals surface area contributed by atoms with Gasteiger partial charge < -0.3 is 10.5 Å². The summed E-state index contributed by atoms with van der Waals surface area (Å²) in [6, 6.07) is 2.71. The molecule has 1 fully saturated rings. The Kier molecular flexibility index (Phi) is 3.59. The molecular weight excluding hydrogens is 241 g/mol. The molecule has 2 nitrogen and oxygen atoms in total. The number of ether oxygens (including phenoxy) is 1. The fourth-order valence-corrected chi connectivity index (χ4v) is 2.87. The highest BCUT2D eigenvalue weighted by Gasteiger charge is 2.33. The van der Waals surface area contributed by atoms with Gasteiger partial charge in [-0.2, -0.15) is 0 Å². The molecular formula is C13H17ClFNO. The van der Waals surface area contributed by atoms with Crippen LogP contribution in [0, 0.1) is 5.82 Å². The van der Waals surface area contributed by atoms with Crippen LogP contribution < -0.4 is 10.5 Å². The van der Waals surface area contributed by atoms with Gasteiger partial charge in [0.15, 0.2) is 0 Å². The van der Waals surface area contributed by atoms with Crippen molar-refractivity contribution in [1.29, 1.82) is 0 Å². The standard InChI is InChI=1S/C13H17ClFNO/c1-17-12-10(7-9(15)8-11(12)14)13(16)5-3-2-4-6-13/h7-8H,2-6,16H2,1H3. The molecule has 0 aromatic heterocycles. The van der Waals surface area contributed by atoms with Crippen LogP contribution in [-0.4, -0.2) is 7.11 Å². The predicted molar refractivity (Wildman–Crippen MR) is 66.9 cm³/mol. The van der Waals surface area contributed by atoms with E-state index in [-0.39, 0.29) is 10.8 Å². The molecule has 17 heavy (non-hydrogen) atoms. The highest BCUT2D eigenvalue weighted by molar-refractivity contribution is 6.32. The van der Waals surface area contributed by atoms with E-state index in [0.29, 0.717) is 11.3 Å². The average Bonchev–Trinajstić information content (AvgIpc) is 2.29. The Morgan fingerprint density at radius 3 is 2.53 bits per heavy atom. The first kappa shape index (κ1) is 12.7. The minimum Gasteiger partial charge on any atom is -0.495 e. The first-order chi connectivity index (χ1) is 8.07. The Bertz CT molecular complexity index is 416. The molecule has 0 spiro atoms. The summed E-state index contributed by atoms with van der Waals surface area (Å²) >= 11 is 6.00. The lowest BCUT2D eigenvalue weighted by Crippen LogP contribution is -2.39. The summed E-state index contributed by atoms with van der Waals surface area (Å²) < 4.78 is 18.7. The van der Waals surface area contributed by atoms with Gasteiger partial charge in [-0.05, 0) is 25.0 Å². The van der Waals surface area contributed by atoms with Crippen molar-refractivity contribution in [1.82, 2.24) is 0 Å². The molecule has 2 N–H and O–H groups in total. The molecule has 1 aromatic carbocycles. The van der Waals surface area contributed by atoms with Crippen LogP contribution in [0.1, 0.15) is 37.7 Å². The third-order valence-corrected chi connectivity index (χ3v) is 3.78. The van der Waals surface area contributed by atoms with Crippen molar-refractivity contribution in [2.75, 3.05) is 7.11 Å². The predicted octanol–water partition coefficient (Wildman–Crippen LogP) is 3.61. The third-order valence-electron chi connectivity index (χ3n) is 3.49. The van der Waals surface area contributed by atoms with Crippen molar-refractivity contribution in [3.63, 3.8) is 0 Å². The Balaban J connectivity index is 2.49. The molecule has 2 rings (SSSR count). The van der Waals surface area contributed by atoms with E-state index in [1.807, 2.05) is 0 Å². The zero-order valence-electron chi connectivity index (χ0n) is 9.93. The summed E-state index contributed by atoms with van der Waals surface area (Å²) in [4.78, 5) is 0. The van der Waals surface area contributed by atoms with Crippen LogP contribution >= 0.6 is 11.6 Å². The highest BCUT2D eigenvalue weighted by atomic mass is 35.5. The zero-order chi connectivity index (χ0) is 12.5. The molecule has 0 bridgehead atoms. The second kappa shape index (κ2) is 4.83. The smallest absolute Gasteiger partial charge is 0.142 e. The van der Waals surface area contributed by atoms with Crippen LogP contribution in [0.2, 0.25) is 5.02 Å². The van der Waals surface area contributed by atoms with Gasteiger partial charge in [0.1, 0.15) is 11.6 Å². The lowest BCUT2D eigenvalue weighted by Gasteiger charge is -2.35. The molecule has 1 aromatic rings. The molecule has 1 aliphatic carbocycles.